The normalized spacial score (nSPS) is 11.6. The van der Waals surface area contributed by atoms with Crippen LogP contribution in [-0.2, 0) is 0 Å². The van der Waals surface area contributed by atoms with Gasteiger partial charge in [-0.2, -0.15) is 10.2 Å². The summed E-state index contributed by atoms with van der Waals surface area (Å²) >= 11 is 0. The van der Waals surface area contributed by atoms with E-state index in [1.807, 2.05) is 109 Å². The van der Waals surface area contributed by atoms with Crippen molar-refractivity contribution in [3.63, 3.8) is 0 Å². The number of hydrazone groups is 2. The smallest absolute Gasteiger partial charge is 0.119 e. The molecule has 0 aliphatic rings. The van der Waals surface area contributed by atoms with E-state index < -0.39 is 0 Å². The molecule has 0 aliphatic heterocycles. The largest absolute Gasteiger partial charge is 0.497 e. The lowest BCUT2D eigenvalue weighted by molar-refractivity contribution is 0.414. The molecular weight excluding hydrogens is 424 g/mol. The first kappa shape index (κ1) is 22.6. The summed E-state index contributed by atoms with van der Waals surface area (Å²) in [6.07, 6.45) is 0. The van der Waals surface area contributed by atoms with Crippen LogP contribution in [-0.4, -0.2) is 25.6 Å². The van der Waals surface area contributed by atoms with E-state index in [1.54, 1.807) is 14.2 Å². The quantitative estimate of drug-likeness (QED) is 0.241. The Balaban J connectivity index is 1.80. The summed E-state index contributed by atoms with van der Waals surface area (Å²) in [6, 6.07) is 35.1. The van der Waals surface area contributed by atoms with Crippen molar-refractivity contribution in [2.75, 3.05) is 25.1 Å². The molecular formula is C28H26N4O2. The third-order valence-corrected chi connectivity index (χ3v) is 5.09. The van der Waals surface area contributed by atoms with Crippen LogP contribution in [0.3, 0.4) is 0 Å². The Bertz CT molecular complexity index is 1140. The monoisotopic (exact) mass is 450 g/mol. The minimum absolute atomic E-state index is 0.667. The van der Waals surface area contributed by atoms with Crippen LogP contribution in [0.1, 0.15) is 11.1 Å². The van der Waals surface area contributed by atoms with E-state index in [0.29, 0.717) is 11.4 Å². The van der Waals surface area contributed by atoms with Gasteiger partial charge in [0.25, 0.3) is 0 Å². The van der Waals surface area contributed by atoms with Crippen molar-refractivity contribution >= 4 is 22.8 Å². The molecule has 0 aliphatic carbocycles. The lowest BCUT2D eigenvalue weighted by atomic mass is 9.99. The second-order valence-corrected chi connectivity index (χ2v) is 7.33. The Morgan fingerprint density at radius 3 is 1.18 bits per heavy atom. The van der Waals surface area contributed by atoms with Crippen LogP contribution in [0.5, 0.6) is 11.5 Å². The van der Waals surface area contributed by atoms with Crippen LogP contribution in [0.15, 0.2) is 119 Å². The number of ether oxygens (including phenoxy) is 2. The summed E-state index contributed by atoms with van der Waals surface area (Å²) in [5.74, 6) is 1.54. The number of benzene rings is 4. The van der Waals surface area contributed by atoms with Gasteiger partial charge in [-0.3, -0.25) is 10.9 Å². The van der Waals surface area contributed by atoms with Crippen LogP contribution >= 0.6 is 0 Å². The summed E-state index contributed by atoms with van der Waals surface area (Å²) in [5, 5.41) is 9.55. The Labute approximate surface area is 199 Å². The van der Waals surface area contributed by atoms with E-state index in [1.165, 1.54) is 0 Å². The van der Waals surface area contributed by atoms with Gasteiger partial charge in [-0.1, -0.05) is 36.4 Å². The molecule has 4 aromatic carbocycles. The molecule has 6 heteroatoms. The second-order valence-electron chi connectivity index (χ2n) is 7.33. The molecule has 4 rings (SSSR count). The summed E-state index contributed by atoms with van der Waals surface area (Å²) in [5.41, 5.74) is 11.2. The van der Waals surface area contributed by atoms with E-state index in [9.17, 15) is 0 Å². The highest BCUT2D eigenvalue weighted by Crippen LogP contribution is 2.19. The first-order chi connectivity index (χ1) is 16.8. The van der Waals surface area contributed by atoms with Gasteiger partial charge in [-0.05, 0) is 72.8 Å². The fraction of sp³-hybridized carbons (Fsp3) is 0.0714. The van der Waals surface area contributed by atoms with Crippen LogP contribution in [0.2, 0.25) is 0 Å². The zero-order valence-corrected chi connectivity index (χ0v) is 19.1. The third kappa shape index (κ3) is 5.81. The molecule has 0 saturated heterocycles. The highest BCUT2D eigenvalue weighted by Gasteiger charge is 2.16. The molecule has 0 spiro atoms. The highest BCUT2D eigenvalue weighted by atomic mass is 16.5. The topological polar surface area (TPSA) is 67.2 Å². The summed E-state index contributed by atoms with van der Waals surface area (Å²) in [7, 11) is 3.30. The van der Waals surface area contributed by atoms with Gasteiger partial charge in [-0.25, -0.2) is 0 Å². The number of hydrogen-bond donors (Lipinski definition) is 2. The molecule has 34 heavy (non-hydrogen) atoms. The van der Waals surface area contributed by atoms with E-state index in [2.05, 4.69) is 10.9 Å². The molecule has 0 amide bonds. The molecule has 0 atom stereocenters. The molecule has 2 N–H and O–H groups in total. The van der Waals surface area contributed by atoms with Gasteiger partial charge in [0.15, 0.2) is 0 Å². The number of nitrogens with one attached hydrogen (secondary N) is 2. The van der Waals surface area contributed by atoms with Gasteiger partial charge in [0, 0.05) is 11.1 Å². The highest BCUT2D eigenvalue weighted by molar-refractivity contribution is 6.53. The van der Waals surface area contributed by atoms with Crippen molar-refractivity contribution in [3.8, 4) is 11.5 Å². The molecule has 0 bridgehead atoms. The van der Waals surface area contributed by atoms with E-state index in [-0.39, 0.29) is 0 Å². The van der Waals surface area contributed by atoms with Crippen molar-refractivity contribution in [1.82, 2.24) is 0 Å². The lowest BCUT2D eigenvalue weighted by Gasteiger charge is -2.13. The third-order valence-electron chi connectivity index (χ3n) is 5.09. The van der Waals surface area contributed by atoms with Crippen molar-refractivity contribution in [2.24, 2.45) is 10.2 Å². The Morgan fingerprint density at radius 1 is 0.500 bits per heavy atom. The predicted octanol–water partition coefficient (Wildman–Crippen LogP) is 6.04. The number of anilines is 2. The molecule has 0 saturated carbocycles. The molecule has 4 aromatic rings. The maximum Gasteiger partial charge on any atom is 0.119 e. The number of nitrogens with zero attached hydrogens (tertiary/aromatic N) is 2. The second kappa shape index (κ2) is 11.3. The maximum atomic E-state index is 5.34. The predicted molar refractivity (Wildman–Crippen MR) is 139 cm³/mol. The fourth-order valence-electron chi connectivity index (χ4n) is 3.27. The number of hydrogen-bond acceptors (Lipinski definition) is 6. The van der Waals surface area contributed by atoms with Crippen LogP contribution in [0.4, 0.5) is 11.4 Å². The van der Waals surface area contributed by atoms with Crippen LogP contribution in [0.25, 0.3) is 0 Å². The SMILES string of the molecule is COc1ccc(C(=N/Nc2ccccc2)/C(=N\Nc2ccccc2)c2ccc(OC)cc2)cc1. The Kier molecular flexibility index (Phi) is 7.54. The van der Waals surface area contributed by atoms with Crippen molar-refractivity contribution in [2.45, 2.75) is 0 Å². The molecule has 170 valence electrons. The zero-order chi connectivity index (χ0) is 23.6. The van der Waals surface area contributed by atoms with Gasteiger partial charge in [0.1, 0.15) is 22.9 Å². The van der Waals surface area contributed by atoms with Crippen LogP contribution < -0.4 is 20.3 Å². The van der Waals surface area contributed by atoms with Gasteiger partial charge >= 0.3 is 0 Å². The minimum atomic E-state index is 0.667. The van der Waals surface area contributed by atoms with Crippen molar-refractivity contribution < 1.29 is 9.47 Å². The Hall–Kier alpha value is -4.58. The van der Waals surface area contributed by atoms with E-state index in [4.69, 9.17) is 19.7 Å². The average Bonchev–Trinajstić information content (AvgIpc) is 2.92. The molecule has 0 unspecified atom stereocenters. The van der Waals surface area contributed by atoms with E-state index in [0.717, 1.165) is 34.0 Å². The summed E-state index contributed by atoms with van der Waals surface area (Å²) < 4.78 is 10.7. The molecule has 0 radical (unpaired) electrons. The van der Waals surface area contributed by atoms with Gasteiger partial charge in [-0.15, -0.1) is 0 Å². The maximum absolute atomic E-state index is 5.34. The van der Waals surface area contributed by atoms with Crippen LogP contribution in [0, 0.1) is 0 Å². The molecule has 0 fully saturated rings. The molecule has 0 aromatic heterocycles. The first-order valence-corrected chi connectivity index (χ1v) is 10.8. The lowest BCUT2D eigenvalue weighted by Crippen LogP contribution is -2.20. The van der Waals surface area contributed by atoms with Gasteiger partial charge in [0.05, 0.1) is 25.6 Å². The number of para-hydroxylation sites is 2. The Morgan fingerprint density at radius 2 is 0.853 bits per heavy atom. The number of rotatable bonds is 9. The number of methoxy groups -OCH3 is 2. The molecule has 0 heterocycles. The minimum Gasteiger partial charge on any atom is -0.497 e. The zero-order valence-electron chi connectivity index (χ0n) is 19.1. The summed E-state index contributed by atoms with van der Waals surface area (Å²) in [6.45, 7) is 0. The van der Waals surface area contributed by atoms with Crippen molar-refractivity contribution in [3.05, 3.63) is 120 Å². The average molecular weight is 451 g/mol. The first-order valence-electron chi connectivity index (χ1n) is 10.8. The standard InChI is InChI=1S/C28H26N4O2/c1-33-25-17-13-21(14-18-25)27(31-29-23-9-5-3-6-10-23)28(22-15-19-26(34-2)20-16-22)32-30-24-11-7-4-8-12-24/h3-20,29-30H,1-2H3/b31-27-,32-28-. The van der Waals surface area contributed by atoms with E-state index >= 15 is 0 Å². The van der Waals surface area contributed by atoms with Gasteiger partial charge < -0.3 is 9.47 Å². The van der Waals surface area contributed by atoms with Crippen molar-refractivity contribution in [1.29, 1.82) is 0 Å². The molecule has 6 nitrogen and oxygen atoms in total. The summed E-state index contributed by atoms with van der Waals surface area (Å²) in [4.78, 5) is 0. The van der Waals surface area contributed by atoms with Gasteiger partial charge in [0.2, 0.25) is 0 Å². The fourth-order valence-corrected chi connectivity index (χ4v) is 3.27.